The number of esters is 1. The Morgan fingerprint density at radius 1 is 1.19 bits per heavy atom. The number of amides is 2. The topological polar surface area (TPSA) is 87.7 Å². The maximum Gasteiger partial charge on any atom is 0.362 e. The smallest absolute Gasteiger partial charge is 0.362 e. The third-order valence-corrected chi connectivity index (χ3v) is 4.73. The quantitative estimate of drug-likeness (QED) is 0.805. The highest BCUT2D eigenvalue weighted by Crippen LogP contribution is 2.19. The minimum atomic E-state index is -0.579. The lowest BCUT2D eigenvalue weighted by molar-refractivity contribution is 0.0520. The molecule has 0 unspecified atom stereocenters. The number of urea groups is 1. The van der Waals surface area contributed by atoms with E-state index in [9.17, 15) is 9.59 Å². The SMILES string of the molecule is CCOC(=O)c1nnsc1NC(=O)N1CCN(Cc2ccccc2)CC1. The van der Waals surface area contributed by atoms with Crippen molar-refractivity contribution in [3.8, 4) is 0 Å². The molecule has 1 aromatic carbocycles. The van der Waals surface area contributed by atoms with Gasteiger partial charge in [0.1, 0.15) is 0 Å². The Morgan fingerprint density at radius 2 is 1.92 bits per heavy atom. The number of nitrogens with one attached hydrogen (secondary N) is 1. The van der Waals surface area contributed by atoms with Crippen molar-refractivity contribution in [2.24, 2.45) is 0 Å². The maximum absolute atomic E-state index is 12.5. The predicted octanol–water partition coefficient (Wildman–Crippen LogP) is 2.06. The van der Waals surface area contributed by atoms with Crippen LogP contribution >= 0.6 is 11.5 Å². The molecule has 0 atom stereocenters. The molecular weight excluding hydrogens is 354 g/mol. The summed E-state index contributed by atoms with van der Waals surface area (Å²) in [6.07, 6.45) is 0. The van der Waals surface area contributed by atoms with Crippen LogP contribution in [0, 0.1) is 0 Å². The largest absolute Gasteiger partial charge is 0.461 e. The highest BCUT2D eigenvalue weighted by Gasteiger charge is 2.24. The molecule has 0 radical (unpaired) electrons. The normalized spacial score (nSPS) is 14.9. The predicted molar refractivity (Wildman–Crippen MR) is 98.2 cm³/mol. The fraction of sp³-hybridized carbons (Fsp3) is 0.412. The number of carbonyl (C=O) groups excluding carboxylic acids is 2. The van der Waals surface area contributed by atoms with E-state index in [0.29, 0.717) is 18.1 Å². The number of hydrogen-bond acceptors (Lipinski definition) is 7. The van der Waals surface area contributed by atoms with E-state index in [0.717, 1.165) is 31.2 Å². The van der Waals surface area contributed by atoms with Crippen LogP contribution in [0.15, 0.2) is 30.3 Å². The Bertz CT molecular complexity index is 744. The van der Waals surface area contributed by atoms with Gasteiger partial charge < -0.3 is 9.64 Å². The molecule has 1 aliphatic heterocycles. The van der Waals surface area contributed by atoms with E-state index in [4.69, 9.17) is 4.74 Å². The third-order valence-electron chi connectivity index (χ3n) is 4.09. The number of ether oxygens (including phenoxy) is 1. The molecule has 9 heteroatoms. The number of nitrogens with zero attached hydrogens (tertiary/aromatic N) is 4. The van der Waals surface area contributed by atoms with Gasteiger partial charge in [-0.25, -0.2) is 9.59 Å². The fourth-order valence-electron chi connectivity index (χ4n) is 2.73. The lowest BCUT2D eigenvalue weighted by atomic mass is 10.2. The van der Waals surface area contributed by atoms with Gasteiger partial charge in [0.25, 0.3) is 0 Å². The van der Waals surface area contributed by atoms with Gasteiger partial charge in [-0.2, -0.15) is 0 Å². The van der Waals surface area contributed by atoms with E-state index in [1.807, 2.05) is 18.2 Å². The number of carbonyl (C=O) groups is 2. The van der Waals surface area contributed by atoms with Gasteiger partial charge in [0.15, 0.2) is 5.00 Å². The summed E-state index contributed by atoms with van der Waals surface area (Å²) in [6, 6.07) is 10.0. The Kier molecular flexibility index (Phi) is 6.13. The van der Waals surface area contributed by atoms with E-state index < -0.39 is 5.97 Å². The van der Waals surface area contributed by atoms with Crippen molar-refractivity contribution >= 4 is 28.5 Å². The standard InChI is InChI=1S/C17H21N5O3S/c1-2-25-16(23)14-15(26-20-19-14)18-17(24)22-10-8-21(9-11-22)12-13-6-4-3-5-7-13/h3-7H,2,8-12H2,1H3,(H,18,24). The van der Waals surface area contributed by atoms with Crippen LogP contribution in [0.2, 0.25) is 0 Å². The Balaban J connectivity index is 1.51. The zero-order valence-electron chi connectivity index (χ0n) is 14.6. The van der Waals surface area contributed by atoms with Crippen LogP contribution in [0.4, 0.5) is 9.80 Å². The van der Waals surface area contributed by atoms with Gasteiger partial charge in [0, 0.05) is 44.3 Å². The average Bonchev–Trinajstić information content (AvgIpc) is 3.11. The zero-order valence-corrected chi connectivity index (χ0v) is 15.4. The fourth-order valence-corrected chi connectivity index (χ4v) is 3.28. The summed E-state index contributed by atoms with van der Waals surface area (Å²) in [6.45, 7) is 5.68. The van der Waals surface area contributed by atoms with Gasteiger partial charge in [-0.05, 0) is 12.5 Å². The minimum absolute atomic E-state index is 0.0490. The second-order valence-corrected chi connectivity index (χ2v) is 6.60. The van der Waals surface area contributed by atoms with Gasteiger partial charge in [0.05, 0.1) is 6.61 Å². The zero-order chi connectivity index (χ0) is 18.4. The van der Waals surface area contributed by atoms with E-state index >= 15 is 0 Å². The molecule has 138 valence electrons. The molecule has 1 saturated heterocycles. The first-order valence-corrected chi connectivity index (χ1v) is 9.26. The molecule has 8 nitrogen and oxygen atoms in total. The molecule has 0 saturated carbocycles. The van der Waals surface area contributed by atoms with Crippen LogP contribution in [0.25, 0.3) is 0 Å². The second kappa shape index (κ2) is 8.72. The monoisotopic (exact) mass is 375 g/mol. The molecule has 2 aromatic rings. The van der Waals surface area contributed by atoms with Crippen LogP contribution < -0.4 is 5.32 Å². The van der Waals surface area contributed by atoms with Crippen LogP contribution in [-0.2, 0) is 11.3 Å². The lowest BCUT2D eigenvalue weighted by Crippen LogP contribution is -2.49. The highest BCUT2D eigenvalue weighted by atomic mass is 32.1. The van der Waals surface area contributed by atoms with Gasteiger partial charge in [0.2, 0.25) is 5.69 Å². The number of piperazine rings is 1. The van der Waals surface area contributed by atoms with Crippen molar-refractivity contribution in [3.05, 3.63) is 41.6 Å². The summed E-state index contributed by atoms with van der Waals surface area (Å²) in [5.41, 5.74) is 1.31. The third kappa shape index (κ3) is 4.55. The molecule has 0 aliphatic carbocycles. The van der Waals surface area contributed by atoms with Crippen LogP contribution in [0.1, 0.15) is 23.0 Å². The molecule has 26 heavy (non-hydrogen) atoms. The van der Waals surface area contributed by atoms with Gasteiger partial charge >= 0.3 is 12.0 Å². The summed E-state index contributed by atoms with van der Waals surface area (Å²) >= 11 is 0.967. The Labute approximate surface area is 155 Å². The average molecular weight is 375 g/mol. The molecule has 2 amide bonds. The number of rotatable bonds is 5. The van der Waals surface area contributed by atoms with E-state index in [1.165, 1.54) is 5.56 Å². The van der Waals surface area contributed by atoms with E-state index in [-0.39, 0.29) is 18.3 Å². The van der Waals surface area contributed by atoms with Crippen molar-refractivity contribution in [1.82, 2.24) is 19.4 Å². The minimum Gasteiger partial charge on any atom is -0.461 e. The van der Waals surface area contributed by atoms with Crippen LogP contribution in [-0.4, -0.2) is 64.2 Å². The molecule has 3 rings (SSSR count). The van der Waals surface area contributed by atoms with Gasteiger partial charge in [-0.1, -0.05) is 34.8 Å². The van der Waals surface area contributed by atoms with E-state index in [2.05, 4.69) is 31.9 Å². The number of benzene rings is 1. The molecule has 2 heterocycles. The Hall–Kier alpha value is -2.52. The van der Waals surface area contributed by atoms with Crippen molar-refractivity contribution in [2.75, 3.05) is 38.1 Å². The summed E-state index contributed by atoms with van der Waals surface area (Å²) in [5, 5.41) is 6.79. The van der Waals surface area contributed by atoms with Gasteiger partial charge in [-0.15, -0.1) is 5.10 Å². The van der Waals surface area contributed by atoms with E-state index in [1.54, 1.807) is 11.8 Å². The second-order valence-electron chi connectivity index (χ2n) is 5.85. The highest BCUT2D eigenvalue weighted by molar-refractivity contribution is 7.10. The number of hydrogen-bond donors (Lipinski definition) is 1. The van der Waals surface area contributed by atoms with Crippen molar-refractivity contribution < 1.29 is 14.3 Å². The van der Waals surface area contributed by atoms with Crippen LogP contribution in [0.3, 0.4) is 0 Å². The molecule has 1 N–H and O–H groups in total. The van der Waals surface area contributed by atoms with Crippen molar-refractivity contribution in [2.45, 2.75) is 13.5 Å². The molecular formula is C17H21N5O3S. The van der Waals surface area contributed by atoms with Crippen LogP contribution in [0.5, 0.6) is 0 Å². The maximum atomic E-state index is 12.5. The summed E-state index contributed by atoms with van der Waals surface area (Å²) in [4.78, 5) is 28.3. The summed E-state index contributed by atoms with van der Waals surface area (Å²) in [7, 11) is 0. The molecule has 1 aromatic heterocycles. The lowest BCUT2D eigenvalue weighted by Gasteiger charge is -2.34. The molecule has 1 aliphatic rings. The molecule has 1 fully saturated rings. The summed E-state index contributed by atoms with van der Waals surface area (Å²) in [5.74, 6) is -0.579. The first-order chi connectivity index (χ1) is 12.7. The van der Waals surface area contributed by atoms with Gasteiger partial charge in [-0.3, -0.25) is 10.2 Å². The van der Waals surface area contributed by atoms with Crippen molar-refractivity contribution in [1.29, 1.82) is 0 Å². The Morgan fingerprint density at radius 3 is 2.62 bits per heavy atom. The first kappa shape index (κ1) is 18.3. The number of aromatic nitrogens is 2. The summed E-state index contributed by atoms with van der Waals surface area (Å²) < 4.78 is 8.65. The molecule has 0 spiro atoms. The van der Waals surface area contributed by atoms with Crippen molar-refractivity contribution in [3.63, 3.8) is 0 Å². The number of anilines is 1. The molecule has 0 bridgehead atoms. The first-order valence-electron chi connectivity index (χ1n) is 8.49.